The van der Waals surface area contributed by atoms with E-state index in [-0.39, 0.29) is 73.8 Å². The Hall–Kier alpha value is -3.62. The second-order valence-electron chi connectivity index (χ2n) is 12.7. The van der Waals surface area contributed by atoms with Gasteiger partial charge >= 0.3 is 5.97 Å². The number of fused-ring (bicyclic) bond motifs is 3. The first kappa shape index (κ1) is 38.8. The summed E-state index contributed by atoms with van der Waals surface area (Å²) in [5.74, 6) is -3.23. The van der Waals surface area contributed by atoms with Crippen molar-refractivity contribution < 1.29 is 41.9 Å². The Morgan fingerprint density at radius 1 is 1.15 bits per heavy atom. The number of rotatable bonds is 7. The molecule has 0 spiro atoms. The van der Waals surface area contributed by atoms with Gasteiger partial charge < -0.3 is 29.4 Å². The zero-order chi connectivity index (χ0) is 35.6. The van der Waals surface area contributed by atoms with Gasteiger partial charge in [0.15, 0.2) is 15.5 Å². The average molecular weight is 691 g/mol. The van der Waals surface area contributed by atoms with Crippen molar-refractivity contribution in [2.75, 3.05) is 38.5 Å². The molecule has 2 N–H and O–H groups in total. The number of ketones is 1. The van der Waals surface area contributed by atoms with E-state index in [1.165, 1.54) is 12.2 Å². The molecule has 2 bridgehead atoms. The highest BCUT2D eigenvalue weighted by molar-refractivity contribution is 7.92. The number of aliphatic hydroxyl groups is 1. The lowest BCUT2D eigenvalue weighted by atomic mass is 9.94. The lowest BCUT2D eigenvalue weighted by Gasteiger charge is -2.31. The Morgan fingerprint density at radius 3 is 2.52 bits per heavy atom. The van der Waals surface area contributed by atoms with Gasteiger partial charge in [-0.05, 0) is 38.4 Å². The number of ether oxygens (including phenoxy) is 1. The average Bonchev–Trinajstić information content (AvgIpc) is 3.68. The van der Waals surface area contributed by atoms with Crippen molar-refractivity contribution in [3.8, 4) is 0 Å². The van der Waals surface area contributed by atoms with Crippen molar-refractivity contribution in [3.05, 3.63) is 53.8 Å². The summed E-state index contributed by atoms with van der Waals surface area (Å²) in [7, 11) is -3.87. The highest BCUT2D eigenvalue weighted by Crippen LogP contribution is 2.30. The number of Topliss-reactive ketones (excluding diaryl/α,β-unsaturated/α-hetero) is 1. The first-order valence-corrected chi connectivity index (χ1v) is 18.3. The maximum atomic E-state index is 14.0. The summed E-state index contributed by atoms with van der Waals surface area (Å²) < 4.78 is 38.9. The van der Waals surface area contributed by atoms with E-state index in [4.69, 9.17) is 9.15 Å². The number of nitrogens with one attached hydrogen (secondary N) is 1. The lowest BCUT2D eigenvalue weighted by molar-refractivity contribution is -0.157. The number of aromatic nitrogens is 1. The SMILES string of the molecule is CCN(CC)CCS(=O)(=O)[C@@H]1CCN2C(=O)c3coc(n3)CC(=O)C[C@H](O)/C=C(C)/C=C/CNC(=O)/C=C/[C@H](C)[C@H](C(C)C)OC(=O)C12. The van der Waals surface area contributed by atoms with Gasteiger partial charge in [-0.1, -0.05) is 64.5 Å². The van der Waals surface area contributed by atoms with Crippen LogP contribution in [0.15, 0.2) is 46.6 Å². The van der Waals surface area contributed by atoms with Gasteiger partial charge in [-0.2, -0.15) is 0 Å². The molecule has 2 aliphatic heterocycles. The van der Waals surface area contributed by atoms with Crippen LogP contribution >= 0.6 is 0 Å². The van der Waals surface area contributed by atoms with Crippen LogP contribution in [-0.2, 0) is 35.4 Å². The van der Waals surface area contributed by atoms with Gasteiger partial charge in [0.05, 0.1) is 23.5 Å². The number of hydrogen-bond donors (Lipinski definition) is 2. The minimum Gasteiger partial charge on any atom is -0.460 e. The van der Waals surface area contributed by atoms with Crippen molar-refractivity contribution in [1.82, 2.24) is 20.1 Å². The Bertz CT molecular complexity index is 1490. The van der Waals surface area contributed by atoms with E-state index in [1.807, 2.05) is 32.6 Å². The predicted molar refractivity (Wildman–Crippen MR) is 180 cm³/mol. The van der Waals surface area contributed by atoms with Crippen LogP contribution in [-0.4, -0.2) is 114 Å². The van der Waals surface area contributed by atoms with Gasteiger partial charge in [-0.25, -0.2) is 18.2 Å². The molecule has 2 aliphatic rings. The molecule has 0 radical (unpaired) electrons. The second kappa shape index (κ2) is 17.7. The van der Waals surface area contributed by atoms with Crippen LogP contribution in [0.3, 0.4) is 0 Å². The predicted octanol–water partition coefficient (Wildman–Crippen LogP) is 2.27. The third kappa shape index (κ3) is 10.7. The normalized spacial score (nSPS) is 28.1. The van der Waals surface area contributed by atoms with E-state index in [9.17, 15) is 32.7 Å². The Morgan fingerprint density at radius 2 is 1.85 bits per heavy atom. The van der Waals surface area contributed by atoms with Crippen LogP contribution < -0.4 is 5.32 Å². The zero-order valence-corrected chi connectivity index (χ0v) is 29.6. The van der Waals surface area contributed by atoms with Crippen LogP contribution in [0.4, 0.5) is 0 Å². The highest BCUT2D eigenvalue weighted by atomic mass is 32.2. The minimum atomic E-state index is -3.87. The fraction of sp³-hybridized carbons (Fsp3) is 0.618. The quantitative estimate of drug-likeness (QED) is 0.402. The number of esters is 1. The van der Waals surface area contributed by atoms with E-state index in [1.54, 1.807) is 32.1 Å². The number of oxazole rings is 1. The smallest absolute Gasteiger partial charge is 0.330 e. The molecule has 48 heavy (non-hydrogen) atoms. The molecule has 0 saturated carbocycles. The lowest BCUT2D eigenvalue weighted by Crippen LogP contribution is -2.50. The van der Waals surface area contributed by atoms with Crippen LogP contribution in [0.1, 0.15) is 70.8 Å². The summed E-state index contributed by atoms with van der Waals surface area (Å²) >= 11 is 0. The Balaban J connectivity index is 2.00. The van der Waals surface area contributed by atoms with E-state index < -0.39 is 51.1 Å². The monoisotopic (exact) mass is 690 g/mol. The van der Waals surface area contributed by atoms with Crippen molar-refractivity contribution in [3.63, 3.8) is 0 Å². The van der Waals surface area contributed by atoms with Crippen molar-refractivity contribution in [2.24, 2.45) is 11.8 Å². The summed E-state index contributed by atoms with van der Waals surface area (Å²) in [6.45, 7) is 12.9. The number of cyclic esters (lactones) is 1. The largest absolute Gasteiger partial charge is 0.460 e. The van der Waals surface area contributed by atoms with Gasteiger partial charge in [0.25, 0.3) is 5.91 Å². The summed E-state index contributed by atoms with van der Waals surface area (Å²) in [5, 5.41) is 11.9. The molecular weight excluding hydrogens is 640 g/mol. The Kier molecular flexibility index (Phi) is 14.3. The molecule has 2 amide bonds. The fourth-order valence-electron chi connectivity index (χ4n) is 5.99. The first-order chi connectivity index (χ1) is 22.7. The van der Waals surface area contributed by atoms with Crippen molar-refractivity contribution in [1.29, 1.82) is 0 Å². The van der Waals surface area contributed by atoms with Crippen molar-refractivity contribution in [2.45, 2.75) is 84.3 Å². The molecule has 14 heteroatoms. The fourth-order valence-corrected chi connectivity index (χ4v) is 7.92. The molecule has 0 aliphatic carbocycles. The molecule has 1 aromatic rings. The molecule has 5 atom stereocenters. The Labute approximate surface area is 283 Å². The molecular formula is C34H50N4O9S. The standard InChI is InChI=1S/C34H50N4O9S/c1-7-37(8-2)16-17-48(44,45)28-13-15-38-31(28)34(43)47-32(22(3)4)24(6)11-12-29(41)35-14-9-10-23(5)18-25(39)19-26(40)20-30-36-27(21-46-30)33(38)42/h9-12,18,21-22,24-25,28,31-32,39H,7-8,13-17,19-20H2,1-6H3,(H,35,41)/b10-9+,12-11+,23-18+/t24-,25+,28+,31?,32-/m0/s1. The maximum Gasteiger partial charge on any atom is 0.330 e. The maximum absolute atomic E-state index is 14.0. The summed E-state index contributed by atoms with van der Waals surface area (Å²) in [5.41, 5.74) is 0.505. The third-order valence-corrected chi connectivity index (χ3v) is 10.8. The van der Waals surface area contributed by atoms with Crippen LogP contribution in [0, 0.1) is 11.8 Å². The molecule has 266 valence electrons. The minimum absolute atomic E-state index is 0.0243. The third-order valence-electron chi connectivity index (χ3n) is 8.66. The molecule has 0 aromatic carbocycles. The van der Waals surface area contributed by atoms with Gasteiger partial charge in [-0.15, -0.1) is 0 Å². The summed E-state index contributed by atoms with van der Waals surface area (Å²) in [6, 6.07) is -1.44. The molecule has 3 heterocycles. The van der Waals surface area contributed by atoms with Gasteiger partial charge in [0, 0.05) is 32.0 Å². The topological polar surface area (TPSA) is 176 Å². The number of carbonyl (C=O) groups excluding carboxylic acids is 4. The molecule has 3 rings (SSSR count). The van der Waals surface area contributed by atoms with E-state index in [2.05, 4.69) is 10.3 Å². The summed E-state index contributed by atoms with van der Waals surface area (Å²) in [6.07, 6.45) is 6.68. The van der Waals surface area contributed by atoms with Crippen molar-refractivity contribution >= 4 is 33.4 Å². The number of hydrogen-bond acceptors (Lipinski definition) is 11. The van der Waals surface area contributed by atoms with Crippen LogP contribution in [0.2, 0.25) is 0 Å². The van der Waals surface area contributed by atoms with Gasteiger partial charge in [0.1, 0.15) is 24.2 Å². The van der Waals surface area contributed by atoms with Gasteiger partial charge in [-0.3, -0.25) is 14.4 Å². The summed E-state index contributed by atoms with van der Waals surface area (Å²) in [4.78, 5) is 60.3. The molecule has 1 saturated heterocycles. The van der Waals surface area contributed by atoms with E-state index in [0.29, 0.717) is 18.7 Å². The number of aliphatic hydroxyl groups excluding tert-OH is 1. The van der Waals surface area contributed by atoms with Gasteiger partial charge in [0.2, 0.25) is 11.8 Å². The molecule has 13 nitrogen and oxygen atoms in total. The first-order valence-electron chi connectivity index (χ1n) is 16.6. The molecule has 1 fully saturated rings. The number of allylic oxidation sites excluding steroid dienone is 2. The number of carbonyl (C=O) groups is 4. The number of amides is 2. The van der Waals surface area contributed by atoms with E-state index in [0.717, 1.165) is 11.2 Å². The molecule has 1 unspecified atom stereocenters. The molecule has 1 aromatic heterocycles. The second-order valence-corrected chi connectivity index (χ2v) is 15.0. The number of nitrogens with zero attached hydrogens (tertiary/aromatic N) is 3. The zero-order valence-electron chi connectivity index (χ0n) is 28.8. The highest BCUT2D eigenvalue weighted by Gasteiger charge is 2.50. The van der Waals surface area contributed by atoms with E-state index >= 15 is 0 Å². The number of sulfone groups is 1. The van der Waals surface area contributed by atoms with Crippen LogP contribution in [0.25, 0.3) is 0 Å². The van der Waals surface area contributed by atoms with Crippen LogP contribution in [0.5, 0.6) is 0 Å².